The Kier molecular flexibility index (Phi) is 9.25. The molecule has 0 bridgehead atoms. The van der Waals surface area contributed by atoms with Crippen molar-refractivity contribution >= 4 is 23.2 Å². The Bertz CT molecular complexity index is 1470. The number of tetrazole rings is 1. The van der Waals surface area contributed by atoms with Crippen LogP contribution in [0.5, 0.6) is 0 Å². The number of piperidine rings is 1. The Morgan fingerprint density at radius 2 is 1.93 bits per heavy atom. The molecular formula is C31H37N7O4S. The molecule has 2 atom stereocenters. The average Bonchev–Trinajstić information content (AvgIpc) is 3.84. The van der Waals surface area contributed by atoms with Crippen molar-refractivity contribution in [1.82, 2.24) is 35.3 Å². The SMILES string of the molecule is Cc1ccc(-c2nnn(CC(=O)N(C3CCN(Cc4ccccc4)CC3)[C@H](C(=O)NC[C@@H]3CCCO3)c3cccs3)n2)o1. The van der Waals surface area contributed by atoms with Crippen molar-refractivity contribution in [3.8, 4) is 11.6 Å². The second-order valence-corrected chi connectivity index (χ2v) is 12.1. The maximum absolute atomic E-state index is 14.2. The number of nitrogens with one attached hydrogen (secondary N) is 1. The molecule has 4 aromatic rings. The average molecular weight is 604 g/mol. The van der Waals surface area contributed by atoms with Gasteiger partial charge in [-0.25, -0.2) is 0 Å². The molecule has 0 spiro atoms. The summed E-state index contributed by atoms with van der Waals surface area (Å²) in [6.45, 7) is 5.34. The molecule has 2 amide bonds. The molecule has 11 nitrogen and oxygen atoms in total. The molecule has 0 aliphatic carbocycles. The van der Waals surface area contributed by atoms with Gasteiger partial charge in [-0.1, -0.05) is 36.4 Å². The van der Waals surface area contributed by atoms with E-state index < -0.39 is 6.04 Å². The molecule has 0 radical (unpaired) electrons. The van der Waals surface area contributed by atoms with Gasteiger partial charge >= 0.3 is 0 Å². The van der Waals surface area contributed by atoms with E-state index in [1.54, 1.807) is 11.0 Å². The molecule has 0 unspecified atom stereocenters. The zero-order valence-corrected chi connectivity index (χ0v) is 25.1. The first-order valence-electron chi connectivity index (χ1n) is 14.9. The Morgan fingerprint density at radius 3 is 2.63 bits per heavy atom. The van der Waals surface area contributed by atoms with Crippen molar-refractivity contribution in [2.75, 3.05) is 26.2 Å². The third-order valence-electron chi connectivity index (χ3n) is 8.04. The third-order valence-corrected chi connectivity index (χ3v) is 8.97. The number of aromatic nitrogens is 4. The number of aryl methyl sites for hydroxylation is 1. The van der Waals surface area contributed by atoms with Crippen LogP contribution in [0.3, 0.4) is 0 Å². The minimum absolute atomic E-state index is 0.00122. The Hall–Kier alpha value is -3.87. The Labute approximate surface area is 254 Å². The smallest absolute Gasteiger partial charge is 0.248 e. The molecular weight excluding hydrogens is 566 g/mol. The van der Waals surface area contributed by atoms with Crippen LogP contribution in [-0.4, -0.2) is 80.2 Å². The summed E-state index contributed by atoms with van der Waals surface area (Å²) in [6.07, 6.45) is 3.41. The molecule has 2 saturated heterocycles. The molecule has 226 valence electrons. The fraction of sp³-hybridized carbons (Fsp3) is 0.452. The predicted molar refractivity (Wildman–Crippen MR) is 161 cm³/mol. The normalized spacial score (nSPS) is 18.5. The topological polar surface area (TPSA) is 119 Å². The van der Waals surface area contributed by atoms with Gasteiger partial charge in [0.1, 0.15) is 18.3 Å². The van der Waals surface area contributed by atoms with Gasteiger partial charge in [0.25, 0.3) is 0 Å². The number of benzene rings is 1. The summed E-state index contributed by atoms with van der Waals surface area (Å²) in [5.41, 5.74) is 1.26. The van der Waals surface area contributed by atoms with Crippen LogP contribution in [0.4, 0.5) is 0 Å². The van der Waals surface area contributed by atoms with Crippen molar-refractivity contribution in [3.63, 3.8) is 0 Å². The molecule has 43 heavy (non-hydrogen) atoms. The summed E-state index contributed by atoms with van der Waals surface area (Å²) >= 11 is 1.48. The number of thiophene rings is 1. The van der Waals surface area contributed by atoms with E-state index in [-0.39, 0.29) is 30.5 Å². The lowest BCUT2D eigenvalue weighted by Crippen LogP contribution is -2.53. The lowest BCUT2D eigenvalue weighted by molar-refractivity contribution is -0.145. The van der Waals surface area contributed by atoms with E-state index in [1.165, 1.54) is 21.7 Å². The zero-order chi connectivity index (χ0) is 29.6. The van der Waals surface area contributed by atoms with Gasteiger partial charge in [0.15, 0.2) is 5.76 Å². The maximum atomic E-state index is 14.2. The number of amides is 2. The number of carbonyl (C=O) groups excluding carboxylic acids is 2. The monoisotopic (exact) mass is 603 g/mol. The van der Waals surface area contributed by atoms with Crippen LogP contribution in [0, 0.1) is 6.92 Å². The van der Waals surface area contributed by atoms with E-state index in [1.807, 2.05) is 36.6 Å². The third kappa shape index (κ3) is 7.20. The number of ether oxygens (including phenoxy) is 1. The fourth-order valence-electron chi connectivity index (χ4n) is 5.88. The van der Waals surface area contributed by atoms with Gasteiger partial charge in [0, 0.05) is 43.7 Å². The molecule has 12 heteroatoms. The van der Waals surface area contributed by atoms with Crippen molar-refractivity contribution in [2.45, 2.75) is 63.9 Å². The number of furan rings is 1. The highest BCUT2D eigenvalue weighted by molar-refractivity contribution is 7.10. The molecule has 1 aromatic carbocycles. The van der Waals surface area contributed by atoms with E-state index in [4.69, 9.17) is 9.15 Å². The molecule has 2 fully saturated rings. The largest absolute Gasteiger partial charge is 0.458 e. The van der Waals surface area contributed by atoms with Crippen LogP contribution in [0.2, 0.25) is 0 Å². The summed E-state index contributed by atoms with van der Waals surface area (Å²) in [7, 11) is 0. The van der Waals surface area contributed by atoms with E-state index in [0.717, 1.165) is 56.0 Å². The van der Waals surface area contributed by atoms with Crippen molar-refractivity contribution in [2.24, 2.45) is 0 Å². The lowest BCUT2D eigenvalue weighted by atomic mass is 9.99. The molecule has 6 rings (SSSR count). The van der Waals surface area contributed by atoms with Crippen molar-refractivity contribution in [1.29, 1.82) is 0 Å². The van der Waals surface area contributed by atoms with Gasteiger partial charge in [-0.05, 0) is 67.0 Å². The lowest BCUT2D eigenvalue weighted by Gasteiger charge is -2.41. The summed E-state index contributed by atoms with van der Waals surface area (Å²) in [5.74, 6) is 1.11. The van der Waals surface area contributed by atoms with Gasteiger partial charge in [-0.2, -0.15) is 4.80 Å². The molecule has 2 aliphatic rings. The highest BCUT2D eigenvalue weighted by Gasteiger charge is 2.39. The molecule has 3 aromatic heterocycles. The van der Waals surface area contributed by atoms with Crippen LogP contribution in [0.25, 0.3) is 11.6 Å². The highest BCUT2D eigenvalue weighted by atomic mass is 32.1. The second kappa shape index (κ2) is 13.6. The quantitative estimate of drug-likeness (QED) is 0.275. The first-order valence-corrected chi connectivity index (χ1v) is 15.8. The highest BCUT2D eigenvalue weighted by Crippen LogP contribution is 2.32. The van der Waals surface area contributed by atoms with Gasteiger partial charge in [0.2, 0.25) is 17.6 Å². The van der Waals surface area contributed by atoms with Crippen LogP contribution in [-0.2, 0) is 27.4 Å². The molecule has 2 aliphatic heterocycles. The van der Waals surface area contributed by atoms with Gasteiger partial charge in [-0.15, -0.1) is 21.5 Å². The number of carbonyl (C=O) groups is 2. The molecule has 1 N–H and O–H groups in total. The van der Waals surface area contributed by atoms with Gasteiger partial charge < -0.3 is 19.4 Å². The number of likely N-dealkylation sites (tertiary alicyclic amines) is 1. The molecule has 5 heterocycles. The van der Waals surface area contributed by atoms with Gasteiger partial charge in [0.05, 0.1) is 6.10 Å². The number of hydrogen-bond acceptors (Lipinski definition) is 9. The van der Waals surface area contributed by atoms with Crippen molar-refractivity contribution in [3.05, 3.63) is 76.2 Å². The van der Waals surface area contributed by atoms with E-state index in [9.17, 15) is 9.59 Å². The van der Waals surface area contributed by atoms with Crippen LogP contribution in [0.1, 0.15) is 47.9 Å². The number of rotatable bonds is 11. The second-order valence-electron chi connectivity index (χ2n) is 11.1. The first-order chi connectivity index (χ1) is 21.0. The Balaban J connectivity index is 1.23. The summed E-state index contributed by atoms with van der Waals surface area (Å²) in [4.78, 5) is 34.4. The summed E-state index contributed by atoms with van der Waals surface area (Å²) < 4.78 is 11.4. The van der Waals surface area contributed by atoms with Crippen molar-refractivity contribution < 1.29 is 18.7 Å². The summed E-state index contributed by atoms with van der Waals surface area (Å²) in [5, 5.41) is 17.7. The van der Waals surface area contributed by atoms with Gasteiger partial charge in [-0.3, -0.25) is 14.5 Å². The summed E-state index contributed by atoms with van der Waals surface area (Å²) in [6, 6.07) is 17.0. The minimum atomic E-state index is -0.768. The van der Waals surface area contributed by atoms with E-state index in [0.29, 0.717) is 24.7 Å². The number of nitrogens with zero attached hydrogens (tertiary/aromatic N) is 6. The van der Waals surface area contributed by atoms with E-state index >= 15 is 0 Å². The number of hydrogen-bond donors (Lipinski definition) is 1. The van der Waals surface area contributed by atoms with E-state index in [2.05, 4.69) is 49.9 Å². The fourth-order valence-corrected chi connectivity index (χ4v) is 6.70. The first kappa shape index (κ1) is 29.2. The minimum Gasteiger partial charge on any atom is -0.458 e. The predicted octanol–water partition coefficient (Wildman–Crippen LogP) is 3.83. The zero-order valence-electron chi connectivity index (χ0n) is 24.3. The maximum Gasteiger partial charge on any atom is 0.248 e. The molecule has 0 saturated carbocycles. The van der Waals surface area contributed by atoms with Crippen LogP contribution in [0.15, 0.2) is 64.4 Å². The van der Waals surface area contributed by atoms with Crippen LogP contribution < -0.4 is 5.32 Å². The standard InChI is InChI=1S/C31H37N7O4S/c1-22-11-12-26(42-22)30-33-35-37(34-30)21-28(39)38(24-13-15-36(16-14-24)20-23-7-3-2-4-8-23)29(27-10-6-18-43-27)31(40)32-19-25-9-5-17-41-25/h2-4,6-8,10-12,18,24-25,29H,5,9,13-17,19-21H2,1H3,(H,32,40)/t25-,29-/m0/s1. The Morgan fingerprint density at radius 1 is 1.09 bits per heavy atom. The van der Waals surface area contributed by atoms with Crippen LogP contribution >= 0.6 is 11.3 Å².